The second-order valence-corrected chi connectivity index (χ2v) is 9.41. The van der Waals surface area contributed by atoms with E-state index in [2.05, 4.69) is 15.4 Å². The van der Waals surface area contributed by atoms with Crippen LogP contribution in [0.2, 0.25) is 0 Å². The molecule has 3 aromatic carbocycles. The average Bonchev–Trinajstić information content (AvgIpc) is 3.52. The lowest BCUT2D eigenvalue weighted by Crippen LogP contribution is -2.37. The summed E-state index contributed by atoms with van der Waals surface area (Å²) in [6, 6.07) is 24.0. The molecule has 36 heavy (non-hydrogen) atoms. The normalized spacial score (nSPS) is 14.4. The highest BCUT2D eigenvalue weighted by Gasteiger charge is 2.35. The molecular formula is C27H19N5O3S. The Hall–Kier alpha value is -4.63. The molecular weight excluding hydrogens is 474 g/mol. The van der Waals surface area contributed by atoms with Gasteiger partial charge in [-0.1, -0.05) is 77.6 Å². The van der Waals surface area contributed by atoms with Crippen LogP contribution in [0.5, 0.6) is 0 Å². The first-order chi connectivity index (χ1) is 17.5. The molecule has 0 spiro atoms. The van der Waals surface area contributed by atoms with Gasteiger partial charge < -0.3 is 5.32 Å². The number of amides is 2. The first kappa shape index (κ1) is 21.9. The van der Waals surface area contributed by atoms with Crippen LogP contribution in [-0.4, -0.2) is 33.0 Å². The number of para-hydroxylation sites is 1. The minimum absolute atomic E-state index is 0.180. The van der Waals surface area contributed by atoms with Crippen LogP contribution >= 0.6 is 11.3 Å². The highest BCUT2D eigenvalue weighted by atomic mass is 32.1. The summed E-state index contributed by atoms with van der Waals surface area (Å²) in [4.78, 5) is 46.0. The fraction of sp³-hybridized carbons (Fsp3) is 0.0741. The van der Waals surface area contributed by atoms with Crippen molar-refractivity contribution in [2.75, 3.05) is 16.8 Å². The van der Waals surface area contributed by atoms with Crippen molar-refractivity contribution in [1.29, 1.82) is 0 Å². The van der Waals surface area contributed by atoms with Gasteiger partial charge in [-0.25, -0.2) is 0 Å². The van der Waals surface area contributed by atoms with Crippen molar-refractivity contribution in [3.8, 4) is 11.4 Å². The van der Waals surface area contributed by atoms with Gasteiger partial charge in [-0.15, -0.1) is 5.10 Å². The summed E-state index contributed by atoms with van der Waals surface area (Å²) >= 11 is 1.12. The summed E-state index contributed by atoms with van der Waals surface area (Å²) in [6.45, 7) is 1.78. The third-order valence-corrected chi connectivity index (χ3v) is 7.01. The number of fused-ring (bicyclic) bond motifs is 2. The van der Waals surface area contributed by atoms with E-state index >= 15 is 0 Å². The maximum Gasteiger partial charge on any atom is 0.291 e. The van der Waals surface area contributed by atoms with Crippen molar-refractivity contribution < 1.29 is 9.59 Å². The smallest absolute Gasteiger partial charge is 0.291 e. The van der Waals surface area contributed by atoms with E-state index in [1.54, 1.807) is 24.3 Å². The van der Waals surface area contributed by atoms with E-state index in [-0.39, 0.29) is 22.6 Å². The summed E-state index contributed by atoms with van der Waals surface area (Å²) in [5, 5.41) is 7.20. The molecule has 0 atom stereocenters. The Morgan fingerprint density at radius 1 is 0.944 bits per heavy atom. The fourth-order valence-corrected chi connectivity index (χ4v) is 5.23. The number of thiazole rings is 1. The van der Waals surface area contributed by atoms with E-state index in [0.29, 0.717) is 27.7 Å². The topological polar surface area (TPSA) is 96.7 Å². The van der Waals surface area contributed by atoms with E-state index in [1.165, 1.54) is 9.42 Å². The molecule has 0 aliphatic carbocycles. The van der Waals surface area contributed by atoms with Crippen molar-refractivity contribution in [2.24, 2.45) is 0 Å². The lowest BCUT2D eigenvalue weighted by atomic mass is 10.1. The molecule has 2 amide bonds. The van der Waals surface area contributed by atoms with Gasteiger partial charge in [0.2, 0.25) is 10.9 Å². The van der Waals surface area contributed by atoms with Crippen molar-refractivity contribution >= 4 is 45.1 Å². The Morgan fingerprint density at radius 2 is 1.67 bits per heavy atom. The van der Waals surface area contributed by atoms with Gasteiger partial charge in [-0.3, -0.25) is 19.3 Å². The van der Waals surface area contributed by atoms with Crippen molar-refractivity contribution in [3.05, 3.63) is 105 Å². The summed E-state index contributed by atoms with van der Waals surface area (Å²) in [7, 11) is 0. The molecule has 176 valence electrons. The van der Waals surface area contributed by atoms with Gasteiger partial charge in [0.1, 0.15) is 11.1 Å². The molecule has 6 rings (SSSR count). The van der Waals surface area contributed by atoms with Gasteiger partial charge in [-0.2, -0.15) is 9.50 Å². The number of rotatable bonds is 4. The minimum atomic E-state index is -0.409. The molecule has 0 saturated heterocycles. The lowest BCUT2D eigenvalue weighted by molar-refractivity contribution is -0.118. The molecule has 2 aromatic heterocycles. The third-order valence-electron chi connectivity index (χ3n) is 5.98. The summed E-state index contributed by atoms with van der Waals surface area (Å²) in [5.41, 5.74) is 3.57. The van der Waals surface area contributed by atoms with Gasteiger partial charge in [-0.05, 0) is 25.1 Å². The van der Waals surface area contributed by atoms with Gasteiger partial charge in [0.15, 0.2) is 5.82 Å². The van der Waals surface area contributed by atoms with Gasteiger partial charge in [0.25, 0.3) is 11.5 Å². The van der Waals surface area contributed by atoms with E-state index in [1.807, 2.05) is 61.5 Å². The quantitative estimate of drug-likeness (QED) is 0.415. The molecule has 5 aromatic rings. The van der Waals surface area contributed by atoms with Crippen LogP contribution in [0.3, 0.4) is 0 Å². The largest absolute Gasteiger partial charge is 0.325 e. The second-order valence-electron chi connectivity index (χ2n) is 8.43. The molecule has 0 fully saturated rings. The van der Waals surface area contributed by atoms with Crippen LogP contribution in [0, 0.1) is 6.92 Å². The van der Waals surface area contributed by atoms with E-state index in [0.717, 1.165) is 22.5 Å². The van der Waals surface area contributed by atoms with Crippen LogP contribution in [0.4, 0.5) is 11.4 Å². The van der Waals surface area contributed by atoms with E-state index in [9.17, 15) is 14.4 Å². The Kier molecular flexibility index (Phi) is 5.19. The minimum Gasteiger partial charge on any atom is -0.325 e. The number of nitrogens with one attached hydrogen (secondary N) is 1. The Bertz CT molecular complexity index is 1760. The zero-order valence-corrected chi connectivity index (χ0v) is 20.0. The highest BCUT2D eigenvalue weighted by Crippen LogP contribution is 2.35. The number of aryl methyl sites for hydroxylation is 1. The monoisotopic (exact) mass is 493 g/mol. The number of aromatic nitrogens is 3. The van der Waals surface area contributed by atoms with Crippen LogP contribution in [0.15, 0.2) is 83.7 Å². The Morgan fingerprint density at radius 3 is 2.42 bits per heavy atom. The van der Waals surface area contributed by atoms with Gasteiger partial charge in [0, 0.05) is 16.8 Å². The lowest BCUT2D eigenvalue weighted by Gasteiger charge is -2.16. The maximum absolute atomic E-state index is 13.6. The summed E-state index contributed by atoms with van der Waals surface area (Å²) in [5.74, 6) is -0.288. The zero-order valence-electron chi connectivity index (χ0n) is 19.1. The SMILES string of the molecule is Cc1ccc(NC(=O)CN2C(=O)/C(=c3\sc4nc(-c5ccccc5)nn4c3=O)c3ccccc32)cc1. The molecule has 1 N–H and O–H groups in total. The van der Waals surface area contributed by atoms with Crippen molar-refractivity contribution in [1.82, 2.24) is 14.6 Å². The summed E-state index contributed by atoms with van der Waals surface area (Å²) < 4.78 is 1.49. The Labute approximate surface area is 209 Å². The van der Waals surface area contributed by atoms with Crippen molar-refractivity contribution in [2.45, 2.75) is 6.92 Å². The number of hydrogen-bond acceptors (Lipinski definition) is 6. The van der Waals surface area contributed by atoms with E-state index in [4.69, 9.17) is 0 Å². The average molecular weight is 494 g/mol. The molecule has 0 saturated carbocycles. The summed E-state index contributed by atoms with van der Waals surface area (Å²) in [6.07, 6.45) is 0. The fourth-order valence-electron chi connectivity index (χ4n) is 4.23. The number of anilines is 2. The molecule has 3 heterocycles. The number of benzene rings is 3. The van der Waals surface area contributed by atoms with Crippen LogP contribution in [-0.2, 0) is 9.59 Å². The second kappa shape index (κ2) is 8.54. The molecule has 1 aliphatic rings. The number of carbonyl (C=O) groups is 2. The third kappa shape index (κ3) is 3.66. The van der Waals surface area contributed by atoms with E-state index < -0.39 is 11.5 Å². The molecule has 1 aliphatic heterocycles. The first-order valence-electron chi connectivity index (χ1n) is 11.3. The van der Waals surface area contributed by atoms with Gasteiger partial charge >= 0.3 is 0 Å². The van der Waals surface area contributed by atoms with Crippen LogP contribution in [0.1, 0.15) is 11.1 Å². The number of nitrogens with zero attached hydrogens (tertiary/aromatic N) is 4. The predicted molar refractivity (Wildman–Crippen MR) is 139 cm³/mol. The maximum atomic E-state index is 13.6. The standard InChI is InChI=1S/C27H19N5O3S/c1-16-11-13-18(14-12-16)28-21(33)15-31-20-10-6-5-9-19(20)22(25(31)34)23-26(35)32-27(36-23)29-24(30-32)17-7-3-2-4-8-17/h2-14H,15H2,1H3,(H,28,33)/b23-22-. The number of hydrogen-bond donors (Lipinski definition) is 1. The van der Waals surface area contributed by atoms with Crippen LogP contribution in [0.25, 0.3) is 21.9 Å². The number of carbonyl (C=O) groups excluding carboxylic acids is 2. The van der Waals surface area contributed by atoms with Crippen molar-refractivity contribution in [3.63, 3.8) is 0 Å². The molecule has 8 nitrogen and oxygen atoms in total. The van der Waals surface area contributed by atoms with Crippen LogP contribution < -0.4 is 20.3 Å². The highest BCUT2D eigenvalue weighted by molar-refractivity contribution is 7.15. The molecule has 9 heteroatoms. The predicted octanol–water partition coefficient (Wildman–Crippen LogP) is 3.03. The molecule has 0 unspecified atom stereocenters. The molecule has 0 radical (unpaired) electrons. The first-order valence-corrected chi connectivity index (χ1v) is 12.1. The Balaban J connectivity index is 1.39. The molecule has 0 bridgehead atoms. The van der Waals surface area contributed by atoms with Gasteiger partial charge in [0.05, 0.1) is 11.3 Å². The zero-order chi connectivity index (χ0) is 24.8.